The number of aromatic nitrogens is 2. The number of nitrogens with zero attached hydrogens (tertiary/aromatic N) is 7. The van der Waals surface area contributed by atoms with Crippen molar-refractivity contribution in [2.75, 3.05) is 32.7 Å². The molecule has 2 aromatic heterocycles. The van der Waals surface area contributed by atoms with Crippen LogP contribution in [-0.2, 0) is 39.3 Å². The van der Waals surface area contributed by atoms with Crippen LogP contribution in [0, 0.1) is 27.3 Å². The van der Waals surface area contributed by atoms with Gasteiger partial charge in [0.15, 0.2) is 0 Å². The first-order valence-corrected chi connectivity index (χ1v) is 15.6. The summed E-state index contributed by atoms with van der Waals surface area (Å²) >= 11 is 0. The Morgan fingerprint density at radius 1 is 0.761 bits per heavy atom. The lowest BCUT2D eigenvalue weighted by Crippen LogP contribution is -2.33. The van der Waals surface area contributed by atoms with E-state index < -0.39 is 0 Å². The third kappa shape index (κ3) is 10.2. The highest BCUT2D eigenvalue weighted by molar-refractivity contribution is 5.34. The van der Waals surface area contributed by atoms with Gasteiger partial charge in [0.1, 0.15) is 5.82 Å². The fourth-order valence-electron chi connectivity index (χ4n) is 5.73. The van der Waals surface area contributed by atoms with Crippen LogP contribution in [-0.4, -0.2) is 62.3 Å². The maximum absolute atomic E-state index is 14.1. The van der Waals surface area contributed by atoms with Crippen LogP contribution in [0.15, 0.2) is 84.9 Å². The zero-order chi connectivity index (χ0) is 32.1. The topological polar surface area (TPSA) is 114 Å². The smallest absolute Gasteiger partial charge is 0.269 e. The number of pyridine rings is 2. The van der Waals surface area contributed by atoms with Crippen LogP contribution in [0.3, 0.4) is 0 Å². The summed E-state index contributed by atoms with van der Waals surface area (Å²) in [6.07, 6.45) is 0.872. The molecule has 3 heterocycles. The van der Waals surface area contributed by atoms with Crippen LogP contribution in [0.2, 0.25) is 0 Å². The lowest BCUT2D eigenvalue weighted by molar-refractivity contribution is -0.384. The lowest BCUT2D eigenvalue weighted by atomic mass is 10.1. The van der Waals surface area contributed by atoms with Crippen LogP contribution in [0.5, 0.6) is 0 Å². The van der Waals surface area contributed by atoms with Crippen LogP contribution in [0.1, 0.15) is 40.3 Å². The van der Waals surface area contributed by atoms with Gasteiger partial charge in [0.2, 0.25) is 0 Å². The number of benzene rings is 2. The Hall–Kier alpha value is -4.60. The van der Waals surface area contributed by atoms with Gasteiger partial charge in [-0.3, -0.25) is 34.8 Å². The Morgan fingerprint density at radius 3 is 1.96 bits per heavy atom. The molecule has 1 N–H and O–H groups in total. The second kappa shape index (κ2) is 16.6. The fourth-order valence-corrected chi connectivity index (χ4v) is 5.73. The number of hydrogen-bond acceptors (Lipinski definition) is 9. The first-order valence-electron chi connectivity index (χ1n) is 15.6. The van der Waals surface area contributed by atoms with Crippen LogP contribution in [0.25, 0.3) is 0 Å². The summed E-state index contributed by atoms with van der Waals surface area (Å²) < 4.78 is 14.1. The Labute approximate surface area is 269 Å². The average molecular weight is 623 g/mol. The number of nitro benzene ring substituents is 1. The van der Waals surface area contributed by atoms with Gasteiger partial charge >= 0.3 is 0 Å². The molecule has 0 radical (unpaired) electrons. The summed E-state index contributed by atoms with van der Waals surface area (Å²) in [6.45, 7) is 6.59. The van der Waals surface area contributed by atoms with Crippen molar-refractivity contribution in [1.82, 2.24) is 30.0 Å². The molecule has 46 heavy (non-hydrogen) atoms. The highest BCUT2D eigenvalue weighted by Gasteiger charge is 2.16. The largest absolute Gasteiger partial charge is 0.315 e. The molecule has 0 saturated carbocycles. The van der Waals surface area contributed by atoms with Crippen molar-refractivity contribution >= 4 is 5.69 Å². The maximum Gasteiger partial charge on any atom is 0.269 e. The molecule has 4 aromatic rings. The Kier molecular flexibility index (Phi) is 11.9. The van der Waals surface area contributed by atoms with E-state index in [0.717, 1.165) is 66.5 Å². The molecule has 0 aliphatic carbocycles. The minimum Gasteiger partial charge on any atom is -0.315 e. The highest BCUT2D eigenvalue weighted by atomic mass is 19.1. The summed E-state index contributed by atoms with van der Waals surface area (Å²) in [5.41, 5.74) is 5.39. The molecule has 0 amide bonds. The van der Waals surface area contributed by atoms with E-state index in [2.05, 4.69) is 26.1 Å². The normalized spacial score (nSPS) is 16.1. The van der Waals surface area contributed by atoms with Gasteiger partial charge in [-0.05, 0) is 60.5 Å². The molecular formula is C35H39FN8O2. The van der Waals surface area contributed by atoms with Crippen molar-refractivity contribution in [1.29, 1.82) is 5.26 Å². The maximum atomic E-state index is 14.1. The van der Waals surface area contributed by atoms with E-state index in [1.807, 2.05) is 48.5 Å². The second-order valence-electron chi connectivity index (χ2n) is 11.6. The summed E-state index contributed by atoms with van der Waals surface area (Å²) in [7, 11) is 0. The van der Waals surface area contributed by atoms with Gasteiger partial charge in [0, 0.05) is 71.0 Å². The van der Waals surface area contributed by atoms with Crippen molar-refractivity contribution in [2.24, 2.45) is 0 Å². The second-order valence-corrected chi connectivity index (χ2v) is 11.6. The van der Waals surface area contributed by atoms with E-state index in [0.29, 0.717) is 45.8 Å². The molecule has 4 bridgehead atoms. The number of nitrogens with one attached hydrogen (secondary N) is 1. The van der Waals surface area contributed by atoms with Gasteiger partial charge in [-0.1, -0.05) is 36.4 Å². The Bertz CT molecular complexity index is 1640. The summed E-state index contributed by atoms with van der Waals surface area (Å²) in [4.78, 5) is 27.5. The van der Waals surface area contributed by atoms with Crippen LogP contribution in [0.4, 0.5) is 10.1 Å². The predicted molar refractivity (Wildman–Crippen MR) is 173 cm³/mol. The minimum absolute atomic E-state index is 0.0769. The molecule has 5 rings (SSSR count). The van der Waals surface area contributed by atoms with Crippen molar-refractivity contribution in [3.63, 3.8) is 0 Å². The molecule has 2 aromatic carbocycles. The summed E-state index contributed by atoms with van der Waals surface area (Å²) in [5.74, 6) is -0.272. The number of nitro groups is 1. The van der Waals surface area contributed by atoms with Gasteiger partial charge in [-0.15, -0.1) is 0 Å². The lowest BCUT2D eigenvalue weighted by Gasteiger charge is -2.24. The quantitative estimate of drug-likeness (QED) is 0.179. The van der Waals surface area contributed by atoms with Gasteiger partial charge in [-0.2, -0.15) is 5.26 Å². The highest BCUT2D eigenvalue weighted by Crippen LogP contribution is 2.18. The molecule has 0 spiro atoms. The Balaban J connectivity index is 1.42. The average Bonchev–Trinajstić information content (AvgIpc) is 3.03. The molecular weight excluding hydrogens is 583 g/mol. The first kappa shape index (κ1) is 32.8. The van der Waals surface area contributed by atoms with Gasteiger partial charge in [0.25, 0.3) is 5.69 Å². The van der Waals surface area contributed by atoms with Crippen molar-refractivity contribution in [3.05, 3.63) is 135 Å². The van der Waals surface area contributed by atoms with E-state index in [-0.39, 0.29) is 16.4 Å². The summed E-state index contributed by atoms with van der Waals surface area (Å²) in [5, 5.41) is 24.4. The number of non-ortho nitro benzene ring substituents is 1. The van der Waals surface area contributed by atoms with Crippen LogP contribution >= 0.6 is 0 Å². The predicted octanol–water partition coefficient (Wildman–Crippen LogP) is 5.05. The van der Waals surface area contributed by atoms with Crippen molar-refractivity contribution < 1.29 is 9.31 Å². The zero-order valence-corrected chi connectivity index (χ0v) is 25.9. The molecule has 0 atom stereocenters. The minimum atomic E-state index is -0.367. The SMILES string of the molecule is N#CCN1CCCNCCN(Cc2cccc([N+](=O)[O-])c2)Cc2cccc(n2)CN(Cc2cccc(F)c2)Cc2cccc(n2)C1. The number of fused-ring (bicyclic) bond motifs is 4. The molecule has 1 aliphatic heterocycles. The van der Waals surface area contributed by atoms with Gasteiger partial charge < -0.3 is 5.32 Å². The number of rotatable bonds is 6. The van der Waals surface area contributed by atoms with Crippen molar-refractivity contribution in [2.45, 2.75) is 45.7 Å². The van der Waals surface area contributed by atoms with E-state index in [1.165, 1.54) is 12.1 Å². The molecule has 0 unspecified atom stereocenters. The number of hydrogen-bond donors (Lipinski definition) is 1. The third-order valence-electron chi connectivity index (χ3n) is 7.82. The zero-order valence-electron chi connectivity index (χ0n) is 25.9. The van der Waals surface area contributed by atoms with Gasteiger partial charge in [-0.25, -0.2) is 4.39 Å². The monoisotopic (exact) mass is 622 g/mol. The first-order chi connectivity index (χ1) is 22.4. The number of nitriles is 1. The van der Waals surface area contributed by atoms with E-state index in [4.69, 9.17) is 9.97 Å². The molecule has 10 nitrogen and oxygen atoms in total. The van der Waals surface area contributed by atoms with Crippen molar-refractivity contribution in [3.8, 4) is 6.07 Å². The molecule has 0 fully saturated rings. The molecule has 238 valence electrons. The fraction of sp³-hybridized carbons (Fsp3) is 0.343. The molecule has 0 saturated heterocycles. The van der Waals surface area contributed by atoms with Gasteiger partial charge in [0.05, 0.1) is 40.3 Å². The van der Waals surface area contributed by atoms with E-state index in [1.54, 1.807) is 24.3 Å². The Morgan fingerprint density at radius 2 is 1.33 bits per heavy atom. The third-order valence-corrected chi connectivity index (χ3v) is 7.82. The van der Waals surface area contributed by atoms with Crippen LogP contribution < -0.4 is 5.32 Å². The van der Waals surface area contributed by atoms with E-state index >= 15 is 0 Å². The standard InChI is InChI=1S/C35H39FN8O2/c36-30-8-1-6-28(20-30)23-43-26-33-11-3-9-31(39-33)24-41(18-14-37)17-5-15-38-16-19-42(25-32-10-4-12-34(27-43)40-32)22-29-7-2-13-35(21-29)44(45)46/h1-4,6-13,20-21,38H,5,15-19,22-27H2. The molecule has 1 aliphatic rings. The molecule has 11 heteroatoms. The van der Waals surface area contributed by atoms with E-state index in [9.17, 15) is 19.8 Å². The number of halogens is 1. The summed E-state index contributed by atoms with van der Waals surface area (Å²) in [6, 6.07) is 27.7.